The lowest BCUT2D eigenvalue weighted by Gasteiger charge is -2.19. The number of hydrogen-bond donors (Lipinski definition) is 1. The summed E-state index contributed by atoms with van der Waals surface area (Å²) >= 11 is 0. The summed E-state index contributed by atoms with van der Waals surface area (Å²) in [5, 5.41) is 2.69. The van der Waals surface area contributed by atoms with Crippen LogP contribution < -0.4 is 10.1 Å². The van der Waals surface area contributed by atoms with E-state index in [-0.39, 0.29) is 22.8 Å². The number of nitrogens with one attached hydrogen (secondary N) is 1. The van der Waals surface area contributed by atoms with Crippen LogP contribution in [-0.4, -0.2) is 38.3 Å². The Morgan fingerprint density at radius 1 is 1.03 bits per heavy atom. The Balaban J connectivity index is 2.01. The molecule has 0 heterocycles. The van der Waals surface area contributed by atoms with E-state index in [2.05, 4.69) is 26.1 Å². The second-order valence-corrected chi connectivity index (χ2v) is 9.67. The molecule has 29 heavy (non-hydrogen) atoms. The van der Waals surface area contributed by atoms with E-state index >= 15 is 0 Å². The Morgan fingerprint density at radius 2 is 1.66 bits per heavy atom. The van der Waals surface area contributed by atoms with Crippen LogP contribution >= 0.6 is 0 Å². The zero-order chi connectivity index (χ0) is 21.7. The van der Waals surface area contributed by atoms with Gasteiger partial charge in [0.25, 0.3) is 5.91 Å². The summed E-state index contributed by atoms with van der Waals surface area (Å²) in [5.41, 5.74) is 1.64. The van der Waals surface area contributed by atoms with Crippen LogP contribution in [0.1, 0.15) is 40.2 Å². The fourth-order valence-electron chi connectivity index (χ4n) is 2.84. The van der Waals surface area contributed by atoms with Gasteiger partial charge in [0.2, 0.25) is 10.0 Å². The zero-order valence-corrected chi connectivity index (χ0v) is 18.5. The summed E-state index contributed by atoms with van der Waals surface area (Å²) in [6, 6.07) is 13.9. The van der Waals surface area contributed by atoms with Crippen molar-refractivity contribution < 1.29 is 17.9 Å². The molecular weight excluding hydrogens is 388 g/mol. The summed E-state index contributed by atoms with van der Waals surface area (Å²) in [6.45, 7) is 10.6. The van der Waals surface area contributed by atoms with E-state index in [1.807, 2.05) is 24.3 Å². The predicted molar refractivity (Wildman–Crippen MR) is 116 cm³/mol. The van der Waals surface area contributed by atoms with Gasteiger partial charge in [-0.2, -0.15) is 4.31 Å². The molecule has 0 radical (unpaired) electrons. The SMILES string of the molecule is CCN(CC)S(=O)(=O)c1cccc(NC(=O)COc2ccc(C(C)(C)C)cc2)c1. The molecule has 158 valence electrons. The standard InChI is InChI=1S/C22H30N2O4S/c1-6-24(7-2)29(26,27)20-10-8-9-18(15-20)23-21(25)16-28-19-13-11-17(12-14-19)22(3,4)5/h8-15H,6-7,16H2,1-5H3,(H,23,25). The van der Waals surface area contributed by atoms with Gasteiger partial charge in [-0.05, 0) is 41.3 Å². The Labute approximate surface area is 173 Å². The Morgan fingerprint density at radius 3 is 2.21 bits per heavy atom. The summed E-state index contributed by atoms with van der Waals surface area (Å²) in [5.74, 6) is 0.244. The topological polar surface area (TPSA) is 75.7 Å². The van der Waals surface area contributed by atoms with E-state index in [0.29, 0.717) is 24.5 Å². The number of carbonyl (C=O) groups excluding carboxylic acids is 1. The van der Waals surface area contributed by atoms with E-state index in [1.54, 1.807) is 26.0 Å². The molecule has 0 spiro atoms. The third-order valence-corrected chi connectivity index (χ3v) is 6.60. The van der Waals surface area contributed by atoms with E-state index in [4.69, 9.17) is 4.74 Å². The molecule has 0 saturated heterocycles. The van der Waals surface area contributed by atoms with E-state index in [9.17, 15) is 13.2 Å². The fourth-order valence-corrected chi connectivity index (χ4v) is 4.35. The van der Waals surface area contributed by atoms with Crippen molar-refractivity contribution in [2.24, 2.45) is 0 Å². The summed E-state index contributed by atoms with van der Waals surface area (Å²) in [4.78, 5) is 12.4. The van der Waals surface area contributed by atoms with Crippen LogP contribution in [0.4, 0.5) is 5.69 Å². The Kier molecular flexibility index (Phi) is 7.43. The normalized spacial score (nSPS) is 12.1. The summed E-state index contributed by atoms with van der Waals surface area (Å²) < 4.78 is 32.2. The molecule has 0 aromatic heterocycles. The number of rotatable bonds is 8. The molecule has 1 N–H and O–H groups in total. The summed E-state index contributed by atoms with van der Waals surface area (Å²) in [6.07, 6.45) is 0. The molecule has 2 aromatic carbocycles. The maximum Gasteiger partial charge on any atom is 0.262 e. The number of sulfonamides is 1. The van der Waals surface area contributed by atoms with Crippen LogP contribution in [0.3, 0.4) is 0 Å². The van der Waals surface area contributed by atoms with E-state index < -0.39 is 10.0 Å². The molecule has 0 bridgehead atoms. The van der Waals surface area contributed by atoms with Gasteiger partial charge >= 0.3 is 0 Å². The van der Waals surface area contributed by atoms with Crippen molar-refractivity contribution in [3.05, 3.63) is 54.1 Å². The maximum atomic E-state index is 12.6. The number of ether oxygens (including phenoxy) is 1. The van der Waals surface area contributed by atoms with Gasteiger partial charge in [-0.15, -0.1) is 0 Å². The van der Waals surface area contributed by atoms with Crippen molar-refractivity contribution in [2.75, 3.05) is 25.0 Å². The molecule has 0 saturated carbocycles. The number of anilines is 1. The molecule has 0 fully saturated rings. The van der Waals surface area contributed by atoms with Gasteiger partial charge in [0.1, 0.15) is 5.75 Å². The first-order valence-corrected chi connectivity index (χ1v) is 11.1. The largest absolute Gasteiger partial charge is 0.484 e. The molecular formula is C22H30N2O4S. The average Bonchev–Trinajstić information content (AvgIpc) is 2.67. The molecule has 0 aliphatic carbocycles. The lowest BCUT2D eigenvalue weighted by atomic mass is 9.87. The Hall–Kier alpha value is -2.38. The highest BCUT2D eigenvalue weighted by atomic mass is 32.2. The fraction of sp³-hybridized carbons (Fsp3) is 0.409. The van der Waals surface area contributed by atoms with E-state index in [0.717, 1.165) is 0 Å². The minimum absolute atomic E-state index is 0.0480. The highest BCUT2D eigenvalue weighted by Gasteiger charge is 2.22. The minimum Gasteiger partial charge on any atom is -0.484 e. The van der Waals surface area contributed by atoms with Gasteiger partial charge in [-0.25, -0.2) is 8.42 Å². The van der Waals surface area contributed by atoms with Crippen LogP contribution in [0.15, 0.2) is 53.4 Å². The van der Waals surface area contributed by atoms with E-state index in [1.165, 1.54) is 22.0 Å². The minimum atomic E-state index is -3.58. The second kappa shape index (κ2) is 9.41. The highest BCUT2D eigenvalue weighted by Crippen LogP contribution is 2.24. The monoisotopic (exact) mass is 418 g/mol. The number of nitrogens with zero attached hydrogens (tertiary/aromatic N) is 1. The van der Waals surface area contributed by atoms with Gasteiger partial charge in [0, 0.05) is 18.8 Å². The predicted octanol–water partition coefficient (Wildman–Crippen LogP) is 4.03. The number of benzene rings is 2. The van der Waals surface area contributed by atoms with Gasteiger partial charge < -0.3 is 10.1 Å². The average molecular weight is 419 g/mol. The van der Waals surface area contributed by atoms with Gasteiger partial charge in [0.15, 0.2) is 6.61 Å². The molecule has 0 aliphatic heterocycles. The number of carbonyl (C=O) groups is 1. The molecule has 7 heteroatoms. The first kappa shape index (κ1) is 22.9. The first-order chi connectivity index (χ1) is 13.6. The molecule has 2 rings (SSSR count). The Bertz CT molecular complexity index is 928. The van der Waals surface area contributed by atoms with Crippen LogP contribution in [0.2, 0.25) is 0 Å². The lowest BCUT2D eigenvalue weighted by Crippen LogP contribution is -2.30. The number of amides is 1. The van der Waals surface area contributed by atoms with Crippen molar-refractivity contribution in [2.45, 2.75) is 44.9 Å². The quantitative estimate of drug-likeness (QED) is 0.702. The van der Waals surface area contributed by atoms with Crippen molar-refractivity contribution in [3.63, 3.8) is 0 Å². The third-order valence-electron chi connectivity index (χ3n) is 4.55. The van der Waals surface area contributed by atoms with Crippen LogP contribution in [-0.2, 0) is 20.2 Å². The van der Waals surface area contributed by atoms with Crippen molar-refractivity contribution in [3.8, 4) is 5.75 Å². The molecule has 0 aliphatic rings. The molecule has 2 aromatic rings. The molecule has 6 nitrogen and oxygen atoms in total. The molecule has 1 amide bonds. The number of hydrogen-bond acceptors (Lipinski definition) is 4. The lowest BCUT2D eigenvalue weighted by molar-refractivity contribution is -0.118. The summed E-state index contributed by atoms with van der Waals surface area (Å²) in [7, 11) is -3.58. The van der Waals surface area contributed by atoms with Gasteiger partial charge in [-0.3, -0.25) is 4.79 Å². The second-order valence-electron chi connectivity index (χ2n) is 7.73. The molecule has 0 atom stereocenters. The van der Waals surface area contributed by atoms with Crippen molar-refractivity contribution in [1.82, 2.24) is 4.31 Å². The zero-order valence-electron chi connectivity index (χ0n) is 17.7. The van der Waals surface area contributed by atoms with Gasteiger partial charge in [-0.1, -0.05) is 52.8 Å². The van der Waals surface area contributed by atoms with Crippen LogP contribution in [0.25, 0.3) is 0 Å². The van der Waals surface area contributed by atoms with Crippen molar-refractivity contribution in [1.29, 1.82) is 0 Å². The smallest absolute Gasteiger partial charge is 0.262 e. The van der Waals surface area contributed by atoms with Gasteiger partial charge in [0.05, 0.1) is 4.90 Å². The van der Waals surface area contributed by atoms with Crippen molar-refractivity contribution >= 4 is 21.6 Å². The maximum absolute atomic E-state index is 12.6. The highest BCUT2D eigenvalue weighted by molar-refractivity contribution is 7.89. The molecule has 0 unspecified atom stereocenters. The third kappa shape index (κ3) is 6.05. The van der Waals surface area contributed by atoms with Crippen LogP contribution in [0.5, 0.6) is 5.75 Å². The van der Waals surface area contributed by atoms with Crippen LogP contribution in [0, 0.1) is 0 Å². The first-order valence-electron chi connectivity index (χ1n) is 9.71.